The van der Waals surface area contributed by atoms with Crippen molar-refractivity contribution in [3.8, 4) is 0 Å². The minimum absolute atomic E-state index is 0.175. The molecule has 3 N–H and O–H groups in total. The van der Waals surface area contributed by atoms with Gasteiger partial charge in [0.25, 0.3) is 0 Å². The summed E-state index contributed by atoms with van der Waals surface area (Å²) in [6.45, 7) is 5.89. The van der Waals surface area contributed by atoms with E-state index in [2.05, 4.69) is 39.0 Å². The van der Waals surface area contributed by atoms with E-state index in [9.17, 15) is 9.59 Å². The van der Waals surface area contributed by atoms with Crippen LogP contribution >= 0.6 is 0 Å². The molecule has 1 aromatic carbocycles. The van der Waals surface area contributed by atoms with Gasteiger partial charge in [-0.05, 0) is 75.2 Å². The standard InChI is InChI=1S/C24H33N5O2/c30-23-6-5-22(24(31)27-23)29-14-18-3-4-20(12-19(18)15-29)26-21-2-1-11-28(16-21)13-17-7-9-25-10-8-17/h3-4,12,14-15,17,21-22,25-26H,1-2,5-11,13,16H2,(H,27,30,31)/t21-,22?/m1/s1. The number of carbonyl (C=O) groups is 2. The molecule has 5 rings (SSSR count). The first-order chi connectivity index (χ1) is 15.1. The smallest absolute Gasteiger partial charge is 0.249 e. The molecule has 1 aromatic heterocycles. The third-order valence-corrected chi connectivity index (χ3v) is 7.08. The van der Waals surface area contributed by atoms with Crippen LogP contribution in [0.15, 0.2) is 30.6 Å². The van der Waals surface area contributed by atoms with Crippen LogP contribution in [-0.2, 0) is 9.59 Å². The van der Waals surface area contributed by atoms with Crippen LogP contribution in [0.5, 0.6) is 0 Å². The Morgan fingerprint density at radius 1 is 1.03 bits per heavy atom. The van der Waals surface area contributed by atoms with Crippen molar-refractivity contribution in [2.45, 2.75) is 50.6 Å². The van der Waals surface area contributed by atoms with Crippen LogP contribution < -0.4 is 16.0 Å². The second-order valence-electron chi connectivity index (χ2n) is 9.45. The molecule has 2 aromatic rings. The number of likely N-dealkylation sites (tertiary alicyclic amines) is 1. The summed E-state index contributed by atoms with van der Waals surface area (Å²) in [5.74, 6) is 0.459. The lowest BCUT2D eigenvalue weighted by molar-refractivity contribution is -0.135. The van der Waals surface area contributed by atoms with E-state index < -0.39 is 0 Å². The van der Waals surface area contributed by atoms with E-state index in [1.807, 2.05) is 17.0 Å². The van der Waals surface area contributed by atoms with Gasteiger partial charge >= 0.3 is 0 Å². The van der Waals surface area contributed by atoms with Crippen molar-refractivity contribution in [2.24, 2.45) is 5.92 Å². The Bertz CT molecular complexity index is 949. The number of aromatic nitrogens is 1. The molecule has 0 aliphatic carbocycles. The normalized spacial score (nSPS) is 26.2. The Morgan fingerprint density at radius 2 is 1.87 bits per heavy atom. The van der Waals surface area contributed by atoms with E-state index in [1.54, 1.807) is 0 Å². The highest BCUT2D eigenvalue weighted by Crippen LogP contribution is 2.27. The van der Waals surface area contributed by atoms with Crippen LogP contribution in [0.3, 0.4) is 0 Å². The van der Waals surface area contributed by atoms with Crippen LogP contribution in [-0.4, -0.2) is 60.0 Å². The van der Waals surface area contributed by atoms with Crippen LogP contribution in [0.1, 0.15) is 44.6 Å². The molecule has 3 saturated heterocycles. The lowest BCUT2D eigenvalue weighted by Crippen LogP contribution is -2.45. The van der Waals surface area contributed by atoms with Crippen LogP contribution in [0.2, 0.25) is 0 Å². The summed E-state index contributed by atoms with van der Waals surface area (Å²) in [4.78, 5) is 26.3. The van der Waals surface area contributed by atoms with E-state index in [0.717, 1.165) is 28.9 Å². The summed E-state index contributed by atoms with van der Waals surface area (Å²) < 4.78 is 1.96. The van der Waals surface area contributed by atoms with Crippen molar-refractivity contribution < 1.29 is 9.59 Å². The Morgan fingerprint density at radius 3 is 2.71 bits per heavy atom. The number of nitrogens with zero attached hydrogens (tertiary/aromatic N) is 2. The largest absolute Gasteiger partial charge is 0.381 e. The molecule has 3 fully saturated rings. The number of piperidine rings is 3. The van der Waals surface area contributed by atoms with Crippen LogP contribution in [0.25, 0.3) is 10.8 Å². The molecule has 3 aliphatic rings. The summed E-state index contributed by atoms with van der Waals surface area (Å²) in [6, 6.07) is 6.62. The fourth-order valence-electron chi connectivity index (χ4n) is 5.40. The van der Waals surface area contributed by atoms with E-state index in [-0.39, 0.29) is 17.9 Å². The maximum atomic E-state index is 12.2. The highest BCUT2D eigenvalue weighted by molar-refractivity contribution is 5.99. The molecule has 2 atom stereocenters. The number of rotatable bonds is 5. The van der Waals surface area contributed by atoms with Crippen molar-refractivity contribution in [3.05, 3.63) is 30.6 Å². The van der Waals surface area contributed by atoms with Gasteiger partial charge in [0.2, 0.25) is 11.8 Å². The van der Waals surface area contributed by atoms with Crippen LogP contribution in [0, 0.1) is 5.92 Å². The third-order valence-electron chi connectivity index (χ3n) is 7.08. The fraction of sp³-hybridized carbons (Fsp3) is 0.583. The summed E-state index contributed by atoms with van der Waals surface area (Å²) in [6.07, 6.45) is 10.1. The lowest BCUT2D eigenvalue weighted by Gasteiger charge is -2.36. The van der Waals surface area contributed by atoms with Gasteiger partial charge in [0.05, 0.1) is 0 Å². The van der Waals surface area contributed by atoms with E-state index in [1.165, 1.54) is 51.9 Å². The van der Waals surface area contributed by atoms with Gasteiger partial charge in [-0.15, -0.1) is 0 Å². The molecule has 166 valence electrons. The number of benzene rings is 1. The van der Waals surface area contributed by atoms with Gasteiger partial charge in [-0.3, -0.25) is 14.9 Å². The Labute approximate surface area is 183 Å². The fourth-order valence-corrected chi connectivity index (χ4v) is 5.40. The summed E-state index contributed by atoms with van der Waals surface area (Å²) in [7, 11) is 0. The number of hydrogen-bond donors (Lipinski definition) is 3. The first kappa shape index (κ1) is 20.5. The monoisotopic (exact) mass is 423 g/mol. The number of fused-ring (bicyclic) bond motifs is 1. The van der Waals surface area contributed by atoms with E-state index in [0.29, 0.717) is 18.9 Å². The van der Waals surface area contributed by atoms with E-state index in [4.69, 9.17) is 0 Å². The predicted octanol–water partition coefficient (Wildman–Crippen LogP) is 2.49. The van der Waals surface area contributed by atoms with Gasteiger partial charge < -0.3 is 20.1 Å². The highest BCUT2D eigenvalue weighted by atomic mass is 16.2. The number of imide groups is 1. The molecule has 0 saturated carbocycles. The zero-order chi connectivity index (χ0) is 21.2. The Balaban J connectivity index is 1.23. The molecule has 4 heterocycles. The molecule has 31 heavy (non-hydrogen) atoms. The van der Waals surface area contributed by atoms with Crippen molar-refractivity contribution in [1.29, 1.82) is 0 Å². The van der Waals surface area contributed by atoms with Gasteiger partial charge in [0, 0.05) is 49.0 Å². The topological polar surface area (TPSA) is 78.4 Å². The Hall–Kier alpha value is -2.38. The average Bonchev–Trinajstić information content (AvgIpc) is 3.18. The van der Waals surface area contributed by atoms with Gasteiger partial charge in [-0.2, -0.15) is 0 Å². The van der Waals surface area contributed by atoms with Crippen molar-refractivity contribution in [1.82, 2.24) is 20.1 Å². The molecule has 2 amide bonds. The van der Waals surface area contributed by atoms with Gasteiger partial charge in [0.1, 0.15) is 6.04 Å². The zero-order valence-electron chi connectivity index (χ0n) is 18.1. The lowest BCUT2D eigenvalue weighted by atomic mass is 9.96. The summed E-state index contributed by atoms with van der Waals surface area (Å²) in [5.41, 5.74) is 1.14. The second kappa shape index (κ2) is 9.01. The predicted molar refractivity (Wildman–Crippen MR) is 122 cm³/mol. The van der Waals surface area contributed by atoms with Crippen molar-refractivity contribution in [2.75, 3.05) is 38.0 Å². The molecule has 0 spiro atoms. The quantitative estimate of drug-likeness (QED) is 0.644. The number of nitrogens with one attached hydrogen (secondary N) is 3. The van der Waals surface area contributed by atoms with Gasteiger partial charge in [-0.1, -0.05) is 6.07 Å². The molecular formula is C24H33N5O2. The first-order valence-corrected chi connectivity index (χ1v) is 11.8. The van der Waals surface area contributed by atoms with E-state index >= 15 is 0 Å². The Kier molecular flexibility index (Phi) is 5.96. The number of carbonyl (C=O) groups excluding carboxylic acids is 2. The molecule has 7 nitrogen and oxygen atoms in total. The first-order valence-electron chi connectivity index (χ1n) is 11.8. The molecular weight excluding hydrogens is 390 g/mol. The zero-order valence-corrected chi connectivity index (χ0v) is 18.1. The third kappa shape index (κ3) is 4.77. The highest BCUT2D eigenvalue weighted by Gasteiger charge is 2.28. The maximum Gasteiger partial charge on any atom is 0.249 e. The molecule has 3 aliphatic heterocycles. The minimum atomic E-state index is -0.302. The number of anilines is 1. The summed E-state index contributed by atoms with van der Waals surface area (Å²) >= 11 is 0. The van der Waals surface area contributed by atoms with Gasteiger partial charge in [0.15, 0.2) is 0 Å². The minimum Gasteiger partial charge on any atom is -0.381 e. The maximum absolute atomic E-state index is 12.2. The SMILES string of the molecule is O=C1CCC(n2cc3ccc(N[C@@H]4CCCN(CC5CCNCC5)C4)cc3c2)C(=O)N1. The van der Waals surface area contributed by atoms with Crippen molar-refractivity contribution >= 4 is 28.3 Å². The molecule has 0 bridgehead atoms. The number of amides is 2. The van der Waals surface area contributed by atoms with Crippen LogP contribution in [0.4, 0.5) is 5.69 Å². The average molecular weight is 424 g/mol. The summed E-state index contributed by atoms with van der Waals surface area (Å²) in [5, 5.41) is 11.9. The number of hydrogen-bond acceptors (Lipinski definition) is 5. The second-order valence-corrected chi connectivity index (χ2v) is 9.45. The van der Waals surface area contributed by atoms with Crippen molar-refractivity contribution in [3.63, 3.8) is 0 Å². The molecule has 0 radical (unpaired) electrons. The molecule has 1 unspecified atom stereocenters. The molecule has 7 heteroatoms. The van der Waals surface area contributed by atoms with Gasteiger partial charge in [-0.25, -0.2) is 0 Å².